The third kappa shape index (κ3) is 2.95. The van der Waals surface area contributed by atoms with Gasteiger partial charge in [0.15, 0.2) is 0 Å². The maximum atomic E-state index is 13.5. The summed E-state index contributed by atoms with van der Waals surface area (Å²) in [6.07, 6.45) is 0. The molecule has 1 unspecified atom stereocenters. The number of hydrogen-bond donors (Lipinski definition) is 1. The first-order chi connectivity index (χ1) is 8.70. The van der Waals surface area contributed by atoms with E-state index < -0.39 is 0 Å². The molecule has 2 nitrogen and oxygen atoms in total. The van der Waals surface area contributed by atoms with Crippen LogP contribution >= 0.6 is 11.3 Å². The normalized spacial score (nSPS) is 12.1. The minimum atomic E-state index is -0.193. The molecule has 1 atom stereocenters. The minimum absolute atomic E-state index is 0.0566. The van der Waals surface area contributed by atoms with E-state index in [-0.39, 0.29) is 11.9 Å². The van der Waals surface area contributed by atoms with Gasteiger partial charge >= 0.3 is 0 Å². The largest absolute Gasteiger partial charge is 0.305 e. The summed E-state index contributed by atoms with van der Waals surface area (Å²) in [5.41, 5.74) is 1.34. The molecule has 4 heteroatoms. The van der Waals surface area contributed by atoms with Crippen molar-refractivity contribution < 1.29 is 4.39 Å². The van der Waals surface area contributed by atoms with Crippen molar-refractivity contribution in [3.63, 3.8) is 0 Å². The van der Waals surface area contributed by atoms with Crippen molar-refractivity contribution in [2.45, 2.75) is 19.5 Å². The van der Waals surface area contributed by atoms with Crippen LogP contribution in [0, 0.1) is 17.1 Å². The van der Waals surface area contributed by atoms with Gasteiger partial charge in [-0.05, 0) is 19.1 Å². The van der Waals surface area contributed by atoms with Gasteiger partial charge in [-0.25, -0.2) is 4.39 Å². The molecule has 0 bridgehead atoms. The monoisotopic (exact) mass is 260 g/mol. The lowest BCUT2D eigenvalue weighted by Gasteiger charge is -2.14. The van der Waals surface area contributed by atoms with E-state index >= 15 is 0 Å². The Labute approximate surface area is 110 Å². The van der Waals surface area contributed by atoms with Gasteiger partial charge in [0.05, 0.1) is 5.56 Å². The van der Waals surface area contributed by atoms with Gasteiger partial charge in [0.1, 0.15) is 11.9 Å². The molecule has 0 saturated carbocycles. The molecular formula is C14H13FN2S. The summed E-state index contributed by atoms with van der Waals surface area (Å²) in [7, 11) is 0. The third-order valence-electron chi connectivity index (χ3n) is 2.74. The molecule has 0 fully saturated rings. The number of rotatable bonds is 4. The molecule has 0 aliphatic carbocycles. The second kappa shape index (κ2) is 5.76. The quantitative estimate of drug-likeness (QED) is 0.911. The van der Waals surface area contributed by atoms with Crippen LogP contribution in [-0.2, 0) is 6.54 Å². The molecule has 1 aromatic heterocycles. The van der Waals surface area contributed by atoms with Crippen LogP contribution in [0.3, 0.4) is 0 Å². The first kappa shape index (κ1) is 12.7. The lowest BCUT2D eigenvalue weighted by atomic mass is 10.1. The maximum Gasteiger partial charge on any atom is 0.127 e. The van der Waals surface area contributed by atoms with Crippen molar-refractivity contribution in [3.05, 3.63) is 57.5 Å². The number of nitrogens with one attached hydrogen (secondary N) is 1. The van der Waals surface area contributed by atoms with Crippen LogP contribution in [-0.4, -0.2) is 0 Å². The Morgan fingerprint density at radius 1 is 1.44 bits per heavy atom. The summed E-state index contributed by atoms with van der Waals surface area (Å²) in [5.74, 6) is -0.193. The van der Waals surface area contributed by atoms with Crippen molar-refractivity contribution >= 4 is 11.3 Å². The molecule has 0 amide bonds. The van der Waals surface area contributed by atoms with Crippen LogP contribution in [0.25, 0.3) is 0 Å². The zero-order chi connectivity index (χ0) is 13.0. The molecule has 0 aliphatic heterocycles. The van der Waals surface area contributed by atoms with E-state index in [9.17, 15) is 4.39 Å². The maximum absolute atomic E-state index is 13.5. The molecule has 18 heavy (non-hydrogen) atoms. The van der Waals surface area contributed by atoms with Crippen molar-refractivity contribution in [3.8, 4) is 6.07 Å². The zero-order valence-electron chi connectivity index (χ0n) is 9.98. The van der Waals surface area contributed by atoms with E-state index in [1.54, 1.807) is 12.1 Å². The zero-order valence-corrected chi connectivity index (χ0v) is 10.8. The fourth-order valence-corrected chi connectivity index (χ4v) is 2.48. The van der Waals surface area contributed by atoms with Gasteiger partial charge < -0.3 is 5.32 Å². The van der Waals surface area contributed by atoms with E-state index in [4.69, 9.17) is 5.26 Å². The molecule has 0 spiro atoms. The Hall–Kier alpha value is -1.70. The van der Waals surface area contributed by atoms with Gasteiger partial charge in [-0.15, -0.1) is 11.3 Å². The predicted molar refractivity (Wildman–Crippen MR) is 70.7 cm³/mol. The van der Waals surface area contributed by atoms with E-state index in [2.05, 4.69) is 11.4 Å². The Kier molecular flexibility index (Phi) is 4.08. The van der Waals surface area contributed by atoms with E-state index in [0.29, 0.717) is 17.7 Å². The predicted octanol–water partition coefficient (Wildman–Crippen LogP) is 3.61. The summed E-state index contributed by atoms with van der Waals surface area (Å²) in [6.45, 7) is 2.57. The van der Waals surface area contributed by atoms with Crippen molar-refractivity contribution in [2.75, 3.05) is 0 Å². The second-order valence-corrected chi connectivity index (χ2v) is 5.03. The standard InChI is InChI=1S/C14H13FN2S/c1-10(13-4-2-3-5-14(13)15)17-8-12-6-11(7-16)9-18-12/h2-6,9-10,17H,8H2,1H3. The molecule has 1 heterocycles. The third-order valence-corrected chi connectivity index (χ3v) is 3.67. The molecule has 92 valence electrons. The number of nitrogens with zero attached hydrogens (tertiary/aromatic N) is 1. The van der Waals surface area contributed by atoms with Gasteiger partial charge in [-0.3, -0.25) is 0 Å². The highest BCUT2D eigenvalue weighted by Gasteiger charge is 2.09. The highest BCUT2D eigenvalue weighted by molar-refractivity contribution is 7.10. The average molecular weight is 260 g/mol. The Bertz CT molecular complexity index is 571. The summed E-state index contributed by atoms with van der Waals surface area (Å²) in [5, 5.41) is 13.8. The fraction of sp³-hybridized carbons (Fsp3) is 0.214. The van der Waals surface area contributed by atoms with Crippen molar-refractivity contribution in [2.24, 2.45) is 0 Å². The van der Waals surface area contributed by atoms with Gasteiger partial charge in [0.2, 0.25) is 0 Å². The van der Waals surface area contributed by atoms with Gasteiger partial charge in [0, 0.05) is 28.4 Å². The first-order valence-corrected chi connectivity index (χ1v) is 6.54. The summed E-state index contributed by atoms with van der Waals surface area (Å²) >= 11 is 1.54. The lowest BCUT2D eigenvalue weighted by Crippen LogP contribution is -2.18. The van der Waals surface area contributed by atoms with Crippen molar-refractivity contribution in [1.29, 1.82) is 5.26 Å². The smallest absolute Gasteiger partial charge is 0.127 e. The van der Waals surface area contributed by atoms with Gasteiger partial charge in [-0.1, -0.05) is 18.2 Å². The molecule has 2 rings (SSSR count). The van der Waals surface area contributed by atoms with Crippen LogP contribution in [0.15, 0.2) is 35.7 Å². The topological polar surface area (TPSA) is 35.8 Å². The molecule has 1 aromatic carbocycles. The van der Waals surface area contributed by atoms with E-state index in [0.717, 1.165) is 4.88 Å². The Morgan fingerprint density at radius 2 is 2.22 bits per heavy atom. The SMILES string of the molecule is CC(NCc1cc(C#N)cs1)c1ccccc1F. The highest BCUT2D eigenvalue weighted by atomic mass is 32.1. The van der Waals surface area contributed by atoms with Crippen molar-refractivity contribution in [1.82, 2.24) is 5.32 Å². The number of benzene rings is 1. The Morgan fingerprint density at radius 3 is 2.89 bits per heavy atom. The van der Waals surface area contributed by atoms with E-state index in [1.807, 2.05) is 24.4 Å². The number of thiophene rings is 1. The molecule has 1 N–H and O–H groups in total. The first-order valence-electron chi connectivity index (χ1n) is 5.66. The van der Waals surface area contributed by atoms with Gasteiger partial charge in [0.25, 0.3) is 0 Å². The number of halogens is 1. The van der Waals surface area contributed by atoms with Gasteiger partial charge in [-0.2, -0.15) is 5.26 Å². The fourth-order valence-electron chi connectivity index (χ4n) is 1.72. The minimum Gasteiger partial charge on any atom is -0.305 e. The van der Waals surface area contributed by atoms with Crippen LogP contribution in [0.2, 0.25) is 0 Å². The summed E-state index contributed by atoms with van der Waals surface area (Å²) in [6, 6.07) is 10.7. The lowest BCUT2D eigenvalue weighted by molar-refractivity contribution is 0.530. The number of nitriles is 1. The molecule has 2 aromatic rings. The molecule has 0 radical (unpaired) electrons. The van der Waals surface area contributed by atoms with Crippen LogP contribution < -0.4 is 5.32 Å². The summed E-state index contributed by atoms with van der Waals surface area (Å²) in [4.78, 5) is 1.08. The van der Waals surface area contributed by atoms with Crippen LogP contribution in [0.4, 0.5) is 4.39 Å². The van der Waals surface area contributed by atoms with E-state index in [1.165, 1.54) is 17.4 Å². The molecule has 0 aliphatic rings. The molecule has 0 saturated heterocycles. The second-order valence-electron chi connectivity index (χ2n) is 4.04. The number of hydrogen-bond acceptors (Lipinski definition) is 3. The highest BCUT2D eigenvalue weighted by Crippen LogP contribution is 2.18. The van der Waals surface area contributed by atoms with Crippen LogP contribution in [0.1, 0.15) is 29.0 Å². The Balaban J connectivity index is 1.98. The molecular weight excluding hydrogens is 247 g/mol. The average Bonchev–Trinajstić information content (AvgIpc) is 2.84. The summed E-state index contributed by atoms with van der Waals surface area (Å²) < 4.78 is 13.5. The van der Waals surface area contributed by atoms with Crippen LogP contribution in [0.5, 0.6) is 0 Å².